The van der Waals surface area contributed by atoms with Crippen LogP contribution in [0.1, 0.15) is 67.5 Å². The van der Waals surface area contributed by atoms with E-state index in [1.54, 1.807) is 4.90 Å². The number of rotatable bonds is 7. The van der Waals surface area contributed by atoms with Gasteiger partial charge in [0.2, 0.25) is 0 Å². The molecule has 1 N–H and O–H groups in total. The fourth-order valence-corrected chi connectivity index (χ4v) is 4.57. The lowest BCUT2D eigenvalue weighted by Crippen LogP contribution is -2.42. The number of carbonyl (C=O) groups is 2. The van der Waals surface area contributed by atoms with Gasteiger partial charge >= 0.3 is 12.0 Å². The summed E-state index contributed by atoms with van der Waals surface area (Å²) in [5, 5.41) is 12.4. The molecule has 1 saturated heterocycles. The number of hydrogen-bond donors (Lipinski definition) is 1. The molecule has 1 fully saturated rings. The van der Waals surface area contributed by atoms with Crippen LogP contribution in [0.4, 0.5) is 4.79 Å². The van der Waals surface area contributed by atoms with Crippen molar-refractivity contribution in [2.24, 2.45) is 0 Å². The van der Waals surface area contributed by atoms with Gasteiger partial charge in [-0.3, -0.25) is 4.79 Å². The van der Waals surface area contributed by atoms with Crippen molar-refractivity contribution in [2.75, 3.05) is 6.54 Å². The van der Waals surface area contributed by atoms with Crippen LogP contribution in [0.3, 0.4) is 0 Å². The first-order chi connectivity index (χ1) is 16.7. The highest BCUT2D eigenvalue weighted by molar-refractivity contribution is 6.30. The van der Waals surface area contributed by atoms with Gasteiger partial charge in [0.1, 0.15) is 23.4 Å². The molecular weight excluding hydrogens is 470 g/mol. The maximum absolute atomic E-state index is 13.5. The van der Waals surface area contributed by atoms with Gasteiger partial charge in [0.15, 0.2) is 5.82 Å². The lowest BCUT2D eigenvalue weighted by Gasteiger charge is -2.26. The molecule has 4 rings (SSSR count). The molecule has 10 heteroatoms. The zero-order chi connectivity index (χ0) is 25.1. The van der Waals surface area contributed by atoms with Crippen molar-refractivity contribution in [3.8, 4) is 0 Å². The van der Waals surface area contributed by atoms with E-state index in [9.17, 15) is 9.59 Å². The van der Waals surface area contributed by atoms with Crippen molar-refractivity contribution in [3.05, 3.63) is 70.2 Å². The quantitative estimate of drug-likeness (QED) is 0.471. The number of hydrogen-bond acceptors (Lipinski definition) is 6. The third-order valence-corrected chi connectivity index (χ3v) is 6.44. The Balaban J connectivity index is 1.61. The number of furan rings is 1. The van der Waals surface area contributed by atoms with E-state index in [-0.39, 0.29) is 24.6 Å². The minimum Gasteiger partial charge on any atom is -0.464 e. The van der Waals surface area contributed by atoms with Crippen molar-refractivity contribution in [1.82, 2.24) is 25.0 Å². The van der Waals surface area contributed by atoms with Crippen molar-refractivity contribution in [2.45, 2.75) is 65.3 Å². The summed E-state index contributed by atoms with van der Waals surface area (Å²) in [6.07, 6.45) is 0.661. The second kappa shape index (κ2) is 10.5. The molecule has 186 valence electrons. The van der Waals surface area contributed by atoms with E-state index < -0.39 is 12.1 Å². The van der Waals surface area contributed by atoms with Gasteiger partial charge < -0.3 is 23.9 Å². The van der Waals surface area contributed by atoms with E-state index in [1.807, 2.05) is 61.7 Å². The number of aromatic nitrogens is 3. The monoisotopic (exact) mass is 499 g/mol. The summed E-state index contributed by atoms with van der Waals surface area (Å²) in [7, 11) is 0. The topological polar surface area (TPSA) is 102 Å². The Kier molecular flexibility index (Phi) is 7.45. The standard InChI is InChI=1S/C25H30ClN5O4/c1-5-21(23-11-6-15(2)34-23)27-25(33)31-14-20(35-17(4)32)12-22(31)24-29-28-16(3)30(24)13-18-7-9-19(26)10-8-18/h6-11,20-22H,5,12-14H2,1-4H3,(H,27,33)/t20-,21?,22?/m1/s1. The zero-order valence-corrected chi connectivity index (χ0v) is 21.1. The number of carbonyl (C=O) groups excluding carboxylic acids is 2. The van der Waals surface area contributed by atoms with E-state index in [4.69, 9.17) is 20.8 Å². The third kappa shape index (κ3) is 5.67. The molecule has 9 nitrogen and oxygen atoms in total. The first kappa shape index (κ1) is 24.8. The number of urea groups is 1. The molecule has 0 saturated carbocycles. The molecule has 35 heavy (non-hydrogen) atoms. The van der Waals surface area contributed by atoms with Crippen LogP contribution < -0.4 is 5.32 Å². The molecule has 3 heterocycles. The Labute approximate surface area is 209 Å². The number of esters is 1. The van der Waals surface area contributed by atoms with Crippen molar-refractivity contribution < 1.29 is 18.7 Å². The van der Waals surface area contributed by atoms with E-state index in [1.165, 1.54) is 6.92 Å². The van der Waals surface area contributed by atoms with Crippen LogP contribution in [0, 0.1) is 13.8 Å². The molecule has 0 radical (unpaired) electrons. The van der Waals surface area contributed by atoms with Gasteiger partial charge in [0.05, 0.1) is 25.2 Å². The molecule has 2 amide bonds. The van der Waals surface area contributed by atoms with Crippen LogP contribution in [0.25, 0.3) is 0 Å². The van der Waals surface area contributed by atoms with Crippen molar-refractivity contribution in [3.63, 3.8) is 0 Å². The lowest BCUT2D eigenvalue weighted by atomic mass is 10.1. The number of ether oxygens (including phenoxy) is 1. The zero-order valence-electron chi connectivity index (χ0n) is 20.3. The van der Waals surface area contributed by atoms with Crippen LogP contribution >= 0.6 is 11.6 Å². The van der Waals surface area contributed by atoms with E-state index >= 15 is 0 Å². The van der Waals surface area contributed by atoms with Gasteiger partial charge in [-0.1, -0.05) is 30.7 Å². The predicted molar refractivity (Wildman–Crippen MR) is 130 cm³/mol. The summed E-state index contributed by atoms with van der Waals surface area (Å²) < 4.78 is 13.2. The summed E-state index contributed by atoms with van der Waals surface area (Å²) in [5.74, 6) is 2.47. The highest BCUT2D eigenvalue weighted by Crippen LogP contribution is 2.34. The van der Waals surface area contributed by atoms with Gasteiger partial charge in [-0.2, -0.15) is 0 Å². The molecule has 0 spiro atoms. The average Bonchev–Trinajstić information content (AvgIpc) is 3.52. The highest BCUT2D eigenvalue weighted by Gasteiger charge is 2.41. The highest BCUT2D eigenvalue weighted by atomic mass is 35.5. The normalized spacial score (nSPS) is 18.5. The van der Waals surface area contributed by atoms with Crippen LogP contribution in [0.15, 0.2) is 40.8 Å². The molecule has 0 bridgehead atoms. The largest absolute Gasteiger partial charge is 0.464 e. The number of benzene rings is 1. The Bertz CT molecular complexity index is 1190. The molecular formula is C25H30ClN5O4. The number of nitrogens with zero attached hydrogens (tertiary/aromatic N) is 4. The predicted octanol–water partition coefficient (Wildman–Crippen LogP) is 4.73. The first-order valence-corrected chi connectivity index (χ1v) is 12.1. The van der Waals surface area contributed by atoms with Crippen LogP contribution in [0.5, 0.6) is 0 Å². The van der Waals surface area contributed by atoms with E-state index in [0.717, 1.165) is 17.1 Å². The summed E-state index contributed by atoms with van der Waals surface area (Å²) in [6.45, 7) is 7.89. The second-order valence-corrected chi connectivity index (χ2v) is 9.25. The molecule has 1 aliphatic rings. The van der Waals surface area contributed by atoms with Gasteiger partial charge in [0.25, 0.3) is 0 Å². The van der Waals surface area contributed by atoms with Crippen LogP contribution in [-0.4, -0.2) is 44.3 Å². The maximum Gasteiger partial charge on any atom is 0.318 e. The maximum atomic E-state index is 13.5. The molecule has 3 aromatic rings. The number of aryl methyl sites for hydroxylation is 2. The molecule has 2 aromatic heterocycles. The average molecular weight is 500 g/mol. The van der Waals surface area contributed by atoms with Gasteiger partial charge in [-0.05, 0) is 50.1 Å². The summed E-state index contributed by atoms with van der Waals surface area (Å²) in [5.41, 5.74) is 1.03. The number of halogens is 1. The molecule has 2 unspecified atom stereocenters. The Morgan fingerprint density at radius 2 is 1.94 bits per heavy atom. The summed E-state index contributed by atoms with van der Waals surface area (Å²) in [6, 6.07) is 10.4. The molecule has 1 aromatic carbocycles. The van der Waals surface area contributed by atoms with Crippen LogP contribution in [0.2, 0.25) is 5.02 Å². The summed E-state index contributed by atoms with van der Waals surface area (Å²) >= 11 is 6.04. The molecule has 3 atom stereocenters. The number of amides is 2. The number of likely N-dealkylation sites (tertiary alicyclic amines) is 1. The van der Waals surface area contributed by atoms with Gasteiger partial charge in [0, 0.05) is 18.4 Å². The van der Waals surface area contributed by atoms with Gasteiger partial charge in [-0.25, -0.2) is 4.79 Å². The molecule has 1 aliphatic heterocycles. The van der Waals surface area contributed by atoms with Crippen LogP contribution in [-0.2, 0) is 16.1 Å². The Morgan fingerprint density at radius 1 is 1.20 bits per heavy atom. The Hall–Kier alpha value is -3.33. The third-order valence-electron chi connectivity index (χ3n) is 6.18. The fourth-order valence-electron chi connectivity index (χ4n) is 4.45. The minimum atomic E-state index is -0.435. The van der Waals surface area contributed by atoms with Crippen molar-refractivity contribution in [1.29, 1.82) is 0 Å². The second-order valence-electron chi connectivity index (χ2n) is 8.81. The smallest absolute Gasteiger partial charge is 0.318 e. The molecule has 0 aliphatic carbocycles. The SMILES string of the molecule is CCC(NC(=O)N1C[C@H](OC(C)=O)CC1c1nnc(C)n1Cc1ccc(Cl)cc1)c1ccc(C)o1. The van der Waals surface area contributed by atoms with Gasteiger partial charge in [-0.15, -0.1) is 10.2 Å². The fraction of sp³-hybridized carbons (Fsp3) is 0.440. The first-order valence-electron chi connectivity index (χ1n) is 11.7. The Morgan fingerprint density at radius 3 is 2.57 bits per heavy atom. The number of nitrogens with one attached hydrogen (secondary N) is 1. The summed E-state index contributed by atoms with van der Waals surface area (Å²) in [4.78, 5) is 26.8. The van der Waals surface area contributed by atoms with E-state index in [2.05, 4.69) is 15.5 Å². The van der Waals surface area contributed by atoms with Crippen molar-refractivity contribution >= 4 is 23.6 Å². The lowest BCUT2D eigenvalue weighted by molar-refractivity contribution is -0.145. The van der Waals surface area contributed by atoms with E-state index in [0.29, 0.717) is 36.0 Å². The minimum absolute atomic E-state index is 0.260.